The van der Waals surface area contributed by atoms with Crippen molar-refractivity contribution in [2.45, 2.75) is 0 Å². The number of pyridine rings is 1. The number of ether oxygens (including phenoxy) is 1. The van der Waals surface area contributed by atoms with Crippen molar-refractivity contribution in [3.8, 4) is 11.6 Å². The lowest BCUT2D eigenvalue weighted by Gasteiger charge is -2.11. The molecule has 0 saturated carbocycles. The molecule has 3 rings (SSSR count). The Morgan fingerprint density at radius 1 is 1.05 bits per heavy atom. The highest BCUT2D eigenvalue weighted by Gasteiger charge is 2.10. The van der Waals surface area contributed by atoms with Gasteiger partial charge in [0.1, 0.15) is 5.75 Å². The zero-order valence-corrected chi connectivity index (χ0v) is 13.5. The Hall–Kier alpha value is -1.59. The molecule has 0 spiro atoms. The molecule has 3 nitrogen and oxygen atoms in total. The maximum Gasteiger partial charge on any atom is 0.242 e. The Kier molecular flexibility index (Phi) is 3.63. The molecular formula is C15H10Br2N2O. The Bertz CT molecular complexity index is 790. The highest BCUT2D eigenvalue weighted by Crippen LogP contribution is 2.36. The fourth-order valence-electron chi connectivity index (χ4n) is 1.92. The topological polar surface area (TPSA) is 48.1 Å². The average molecular weight is 394 g/mol. The molecule has 0 aliphatic heterocycles. The maximum absolute atomic E-state index is 5.90. The summed E-state index contributed by atoms with van der Waals surface area (Å²) in [5, 5.41) is 2.23. The molecular weight excluding hydrogens is 384 g/mol. The number of aromatic nitrogens is 1. The van der Waals surface area contributed by atoms with E-state index in [9.17, 15) is 0 Å². The Morgan fingerprint density at radius 2 is 1.85 bits per heavy atom. The van der Waals surface area contributed by atoms with Gasteiger partial charge in [-0.2, -0.15) is 0 Å². The third-order valence-electron chi connectivity index (χ3n) is 2.88. The summed E-state index contributed by atoms with van der Waals surface area (Å²) in [5.74, 6) is 1.08. The second-order valence-corrected chi connectivity index (χ2v) is 5.96. The van der Waals surface area contributed by atoms with E-state index in [1.165, 1.54) is 0 Å². The van der Waals surface area contributed by atoms with Crippen molar-refractivity contribution < 1.29 is 4.74 Å². The Balaban J connectivity index is 2.04. The molecule has 20 heavy (non-hydrogen) atoms. The molecule has 0 aliphatic rings. The molecule has 1 aromatic heterocycles. The summed E-state index contributed by atoms with van der Waals surface area (Å²) < 4.78 is 7.51. The molecule has 2 N–H and O–H groups in total. The van der Waals surface area contributed by atoms with Crippen LogP contribution in [-0.4, -0.2) is 4.98 Å². The largest absolute Gasteiger partial charge is 0.436 e. The summed E-state index contributed by atoms with van der Waals surface area (Å²) in [5.41, 5.74) is 6.38. The van der Waals surface area contributed by atoms with Crippen LogP contribution in [0.3, 0.4) is 0 Å². The van der Waals surface area contributed by atoms with Gasteiger partial charge in [0.2, 0.25) is 5.88 Å². The van der Waals surface area contributed by atoms with E-state index >= 15 is 0 Å². The lowest BCUT2D eigenvalue weighted by atomic mass is 10.1. The molecule has 0 aliphatic carbocycles. The normalized spacial score (nSPS) is 10.7. The number of benzene rings is 2. The summed E-state index contributed by atoms with van der Waals surface area (Å²) in [6.45, 7) is 0. The van der Waals surface area contributed by atoms with Gasteiger partial charge in [-0.3, -0.25) is 0 Å². The lowest BCUT2D eigenvalue weighted by molar-refractivity contribution is 0.463. The van der Waals surface area contributed by atoms with Crippen LogP contribution in [0.15, 0.2) is 57.6 Å². The van der Waals surface area contributed by atoms with E-state index in [4.69, 9.17) is 10.5 Å². The third-order valence-corrected chi connectivity index (χ3v) is 4.13. The smallest absolute Gasteiger partial charge is 0.242 e. The molecule has 0 unspecified atom stereocenters. The van der Waals surface area contributed by atoms with Gasteiger partial charge < -0.3 is 10.5 Å². The van der Waals surface area contributed by atoms with Gasteiger partial charge in [0.15, 0.2) is 0 Å². The second kappa shape index (κ2) is 5.42. The van der Waals surface area contributed by atoms with Gasteiger partial charge in [-0.25, -0.2) is 4.98 Å². The zero-order valence-electron chi connectivity index (χ0n) is 10.3. The van der Waals surface area contributed by atoms with E-state index in [1.54, 1.807) is 12.3 Å². The quantitative estimate of drug-likeness (QED) is 0.656. The predicted molar refractivity (Wildman–Crippen MR) is 88.1 cm³/mol. The summed E-state index contributed by atoms with van der Waals surface area (Å²) in [6, 6.07) is 13.7. The molecule has 0 fully saturated rings. The fraction of sp³-hybridized carbons (Fsp3) is 0. The summed E-state index contributed by atoms with van der Waals surface area (Å²) in [6.07, 6.45) is 1.65. The van der Waals surface area contributed by atoms with E-state index in [2.05, 4.69) is 42.9 Å². The van der Waals surface area contributed by atoms with Gasteiger partial charge in [0.25, 0.3) is 0 Å². The number of nitrogens with zero attached hydrogens (tertiary/aromatic N) is 1. The number of nitrogens with two attached hydrogens (primary N) is 1. The van der Waals surface area contributed by atoms with E-state index in [-0.39, 0.29) is 0 Å². The molecule has 100 valence electrons. The van der Waals surface area contributed by atoms with Crippen molar-refractivity contribution in [2.75, 3.05) is 5.73 Å². The van der Waals surface area contributed by atoms with E-state index < -0.39 is 0 Å². The molecule has 0 atom stereocenters. The Labute approximate surface area is 133 Å². The number of hydrogen-bond acceptors (Lipinski definition) is 3. The van der Waals surface area contributed by atoms with Crippen LogP contribution in [0.25, 0.3) is 10.8 Å². The molecule has 1 heterocycles. The van der Waals surface area contributed by atoms with Crippen molar-refractivity contribution >= 4 is 48.3 Å². The van der Waals surface area contributed by atoms with E-state index in [0.29, 0.717) is 17.3 Å². The summed E-state index contributed by atoms with van der Waals surface area (Å²) >= 11 is 6.90. The first kappa shape index (κ1) is 13.4. The van der Waals surface area contributed by atoms with Crippen LogP contribution in [0.2, 0.25) is 0 Å². The van der Waals surface area contributed by atoms with Crippen LogP contribution in [0.5, 0.6) is 11.6 Å². The van der Waals surface area contributed by atoms with Gasteiger partial charge in [-0.1, -0.05) is 30.3 Å². The number of fused-ring (bicyclic) bond motifs is 1. The Morgan fingerprint density at radius 3 is 2.65 bits per heavy atom. The first-order valence-corrected chi connectivity index (χ1v) is 7.50. The molecule has 0 bridgehead atoms. The summed E-state index contributed by atoms with van der Waals surface area (Å²) in [7, 11) is 0. The van der Waals surface area contributed by atoms with Crippen molar-refractivity contribution in [3.05, 3.63) is 57.6 Å². The average Bonchev–Trinajstić information content (AvgIpc) is 2.45. The molecule has 2 aromatic carbocycles. The zero-order chi connectivity index (χ0) is 14.1. The molecule has 0 amide bonds. The van der Waals surface area contributed by atoms with Gasteiger partial charge in [0, 0.05) is 10.7 Å². The highest BCUT2D eigenvalue weighted by atomic mass is 79.9. The van der Waals surface area contributed by atoms with E-state index in [0.717, 1.165) is 19.7 Å². The van der Waals surface area contributed by atoms with Gasteiger partial charge in [-0.15, -0.1) is 0 Å². The monoisotopic (exact) mass is 392 g/mol. The first-order chi connectivity index (χ1) is 9.65. The highest BCUT2D eigenvalue weighted by molar-refractivity contribution is 9.11. The van der Waals surface area contributed by atoms with Crippen molar-refractivity contribution in [2.24, 2.45) is 0 Å². The number of hydrogen-bond donors (Lipinski definition) is 1. The standard InChI is InChI=1S/C15H10Br2N2O/c16-10-7-12(18)15(19-8-10)20-13-6-5-9-3-1-2-4-11(9)14(13)17/h1-8H,18H2. The minimum atomic E-state index is 0.393. The van der Waals surface area contributed by atoms with Gasteiger partial charge in [-0.05, 0) is 54.8 Å². The van der Waals surface area contributed by atoms with Crippen LogP contribution in [-0.2, 0) is 0 Å². The van der Waals surface area contributed by atoms with Crippen LogP contribution >= 0.6 is 31.9 Å². The van der Waals surface area contributed by atoms with Crippen LogP contribution in [0, 0.1) is 0 Å². The molecule has 0 saturated heterocycles. The lowest BCUT2D eigenvalue weighted by Crippen LogP contribution is -1.95. The van der Waals surface area contributed by atoms with Crippen molar-refractivity contribution in [1.29, 1.82) is 0 Å². The SMILES string of the molecule is Nc1cc(Br)cnc1Oc1ccc2ccccc2c1Br. The molecule has 5 heteroatoms. The number of nitrogen functional groups attached to an aromatic ring is 1. The van der Waals surface area contributed by atoms with Crippen molar-refractivity contribution in [1.82, 2.24) is 4.98 Å². The molecule has 3 aromatic rings. The predicted octanol–water partition coefficient (Wildman–Crippen LogP) is 5.13. The van der Waals surface area contributed by atoms with Gasteiger partial charge in [0.05, 0.1) is 10.2 Å². The number of rotatable bonds is 2. The molecule has 0 radical (unpaired) electrons. The number of anilines is 1. The fourth-order valence-corrected chi connectivity index (χ4v) is 2.85. The first-order valence-electron chi connectivity index (χ1n) is 5.91. The minimum absolute atomic E-state index is 0.393. The van der Waals surface area contributed by atoms with Crippen LogP contribution < -0.4 is 10.5 Å². The summed E-state index contributed by atoms with van der Waals surface area (Å²) in [4.78, 5) is 4.18. The third kappa shape index (κ3) is 2.51. The van der Waals surface area contributed by atoms with E-state index in [1.807, 2.05) is 30.3 Å². The van der Waals surface area contributed by atoms with Crippen LogP contribution in [0.4, 0.5) is 5.69 Å². The minimum Gasteiger partial charge on any atom is -0.436 e. The van der Waals surface area contributed by atoms with Gasteiger partial charge >= 0.3 is 0 Å². The van der Waals surface area contributed by atoms with Crippen molar-refractivity contribution in [3.63, 3.8) is 0 Å². The second-order valence-electron chi connectivity index (χ2n) is 4.25. The maximum atomic E-state index is 5.90. The number of halogens is 2. The van der Waals surface area contributed by atoms with Crippen LogP contribution in [0.1, 0.15) is 0 Å².